The molecule has 0 unspecified atom stereocenters. The Kier molecular flexibility index (Phi) is 8.15. The van der Waals surface area contributed by atoms with Gasteiger partial charge in [-0.25, -0.2) is 0 Å². The van der Waals surface area contributed by atoms with E-state index in [-0.39, 0.29) is 18.5 Å². The van der Waals surface area contributed by atoms with E-state index in [1.807, 2.05) is 0 Å². The summed E-state index contributed by atoms with van der Waals surface area (Å²) in [5.41, 5.74) is 0. The van der Waals surface area contributed by atoms with Crippen molar-refractivity contribution < 1.29 is 22.4 Å². The Hall–Kier alpha value is 0.668. The first-order chi connectivity index (χ1) is 11.3. The van der Waals surface area contributed by atoms with Gasteiger partial charge in [-0.2, -0.15) is 0 Å². The van der Waals surface area contributed by atoms with Crippen LogP contribution in [0.1, 0.15) is 6.42 Å². The molecule has 0 aromatic carbocycles. The zero-order valence-electron chi connectivity index (χ0n) is 19.1. The third-order valence-corrected chi connectivity index (χ3v) is 7.19. The van der Waals surface area contributed by atoms with Gasteiger partial charge in [0.1, 0.15) is 6.10 Å². The summed E-state index contributed by atoms with van der Waals surface area (Å²) in [5, 5.41) is 0. The Balaban J connectivity index is 3.14. The minimum Gasteiger partial charge on any atom is -0.412 e. The normalized spacial score (nSPS) is 29.1. The van der Waals surface area contributed by atoms with E-state index in [1.54, 1.807) is 0 Å². The van der Waals surface area contributed by atoms with E-state index in [2.05, 4.69) is 78.6 Å². The summed E-state index contributed by atoms with van der Waals surface area (Å²) in [6, 6.07) is 0. The average Bonchev–Trinajstić information content (AvgIpc) is 2.25. The summed E-state index contributed by atoms with van der Waals surface area (Å²) in [6.45, 7) is 26.4. The topological polar surface area (TPSA) is 46.2 Å². The van der Waals surface area contributed by atoms with Gasteiger partial charge in [-0.15, -0.1) is 0 Å². The molecule has 1 aliphatic rings. The lowest BCUT2D eigenvalue weighted by Gasteiger charge is -2.47. The number of hydrogen-bond acceptors (Lipinski definition) is 5. The van der Waals surface area contributed by atoms with Crippen LogP contribution in [0.15, 0.2) is 0 Å². The van der Waals surface area contributed by atoms with Crippen molar-refractivity contribution in [1.29, 1.82) is 0 Å². The standard InChI is InChI=1S/C17H42O5Si4/c1-23(2,3)19-14-13-15(20-24(4,5)6)18-17(22-26(10,11)12)16(14)21-25(7,8)9/h14-17H,13H2,1-12H3/t14-,15+,16+,17-/m0/s1. The van der Waals surface area contributed by atoms with Gasteiger partial charge in [-0.3, -0.25) is 0 Å². The highest BCUT2D eigenvalue weighted by molar-refractivity contribution is 6.71. The highest BCUT2D eigenvalue weighted by Crippen LogP contribution is 2.33. The third kappa shape index (κ3) is 10.3. The van der Waals surface area contributed by atoms with E-state index in [9.17, 15) is 0 Å². The third-order valence-electron chi connectivity index (χ3n) is 3.29. The summed E-state index contributed by atoms with van der Waals surface area (Å²) in [4.78, 5) is 0. The monoisotopic (exact) mass is 438 g/mol. The Morgan fingerprint density at radius 2 is 1.00 bits per heavy atom. The molecule has 0 aromatic rings. The fourth-order valence-corrected chi connectivity index (χ4v) is 6.85. The minimum absolute atomic E-state index is 0.0511. The number of hydrogen-bond donors (Lipinski definition) is 0. The summed E-state index contributed by atoms with van der Waals surface area (Å²) in [5.74, 6) is 0. The maximum absolute atomic E-state index is 6.55. The highest BCUT2D eigenvalue weighted by atomic mass is 28.4. The molecule has 9 heteroatoms. The summed E-state index contributed by atoms with van der Waals surface area (Å²) in [7, 11) is -7.09. The van der Waals surface area contributed by atoms with Gasteiger partial charge < -0.3 is 22.4 Å². The molecule has 0 saturated carbocycles. The molecule has 0 bridgehead atoms. The molecule has 5 nitrogen and oxygen atoms in total. The zero-order valence-corrected chi connectivity index (χ0v) is 23.1. The predicted molar refractivity (Wildman–Crippen MR) is 119 cm³/mol. The second-order valence-electron chi connectivity index (χ2n) is 11.1. The summed E-state index contributed by atoms with van der Waals surface area (Å²) in [6.07, 6.45) is -0.253. The molecule has 0 aliphatic carbocycles. The van der Waals surface area contributed by atoms with Gasteiger partial charge >= 0.3 is 0 Å². The molecular formula is C17H42O5Si4. The quantitative estimate of drug-likeness (QED) is 0.487. The molecule has 1 rings (SSSR count). The van der Waals surface area contributed by atoms with Crippen LogP contribution in [0.3, 0.4) is 0 Å². The van der Waals surface area contributed by atoms with Gasteiger partial charge in [0, 0.05) is 6.42 Å². The van der Waals surface area contributed by atoms with Gasteiger partial charge in [0.15, 0.2) is 45.8 Å². The van der Waals surface area contributed by atoms with Crippen LogP contribution >= 0.6 is 0 Å². The van der Waals surface area contributed by atoms with E-state index in [0.717, 1.165) is 0 Å². The second-order valence-corrected chi connectivity index (χ2v) is 28.9. The zero-order chi connectivity index (χ0) is 20.6. The molecular weight excluding hydrogens is 397 g/mol. The fourth-order valence-electron chi connectivity index (χ4n) is 2.80. The smallest absolute Gasteiger partial charge is 0.187 e. The second kappa shape index (κ2) is 8.58. The van der Waals surface area contributed by atoms with Crippen molar-refractivity contribution in [2.24, 2.45) is 0 Å². The summed E-state index contributed by atoms with van der Waals surface area (Å²) >= 11 is 0. The van der Waals surface area contributed by atoms with Crippen molar-refractivity contribution in [1.82, 2.24) is 0 Å². The Bertz CT molecular complexity index is 422. The maximum atomic E-state index is 6.55. The predicted octanol–water partition coefficient (Wildman–Crippen LogP) is 5.20. The van der Waals surface area contributed by atoms with Crippen molar-refractivity contribution in [2.75, 3.05) is 0 Å². The van der Waals surface area contributed by atoms with E-state index < -0.39 is 39.6 Å². The van der Waals surface area contributed by atoms with Crippen LogP contribution in [0.4, 0.5) is 0 Å². The Labute approximate surface area is 165 Å². The van der Waals surface area contributed by atoms with Gasteiger partial charge in [0.05, 0.1) is 6.10 Å². The molecule has 1 aliphatic heterocycles. The van der Waals surface area contributed by atoms with E-state index in [1.165, 1.54) is 0 Å². The molecule has 0 radical (unpaired) electrons. The lowest BCUT2D eigenvalue weighted by atomic mass is 10.1. The van der Waals surface area contributed by atoms with Crippen molar-refractivity contribution >= 4 is 33.3 Å². The molecule has 0 aromatic heterocycles. The first-order valence-corrected chi connectivity index (χ1v) is 23.3. The van der Waals surface area contributed by atoms with Crippen LogP contribution in [0.2, 0.25) is 78.6 Å². The molecule has 4 atom stereocenters. The minimum atomic E-state index is -1.82. The van der Waals surface area contributed by atoms with Gasteiger partial charge in [0.25, 0.3) is 0 Å². The molecule has 0 amide bonds. The van der Waals surface area contributed by atoms with Crippen LogP contribution < -0.4 is 0 Å². The van der Waals surface area contributed by atoms with Crippen molar-refractivity contribution in [3.63, 3.8) is 0 Å². The average molecular weight is 439 g/mol. The largest absolute Gasteiger partial charge is 0.412 e. The molecule has 26 heavy (non-hydrogen) atoms. The SMILES string of the molecule is C[Si](C)(C)O[C@@H]1C[C@H](O[Si](C)(C)C)[C@@H](O[Si](C)(C)C)[C@H](O[Si](C)(C)C)O1. The molecule has 156 valence electrons. The lowest BCUT2D eigenvalue weighted by Crippen LogP contribution is -2.59. The molecule has 0 spiro atoms. The van der Waals surface area contributed by atoms with E-state index >= 15 is 0 Å². The van der Waals surface area contributed by atoms with Crippen LogP contribution in [0.5, 0.6) is 0 Å². The van der Waals surface area contributed by atoms with Crippen molar-refractivity contribution in [2.45, 2.75) is 110 Å². The fraction of sp³-hybridized carbons (Fsp3) is 1.00. The number of ether oxygens (including phenoxy) is 1. The van der Waals surface area contributed by atoms with Gasteiger partial charge in [0.2, 0.25) is 0 Å². The van der Waals surface area contributed by atoms with Gasteiger partial charge in [-0.05, 0) is 78.6 Å². The first-order valence-electron chi connectivity index (χ1n) is 9.71. The van der Waals surface area contributed by atoms with Crippen LogP contribution in [0.25, 0.3) is 0 Å². The van der Waals surface area contributed by atoms with Crippen LogP contribution in [-0.4, -0.2) is 58.1 Å². The number of rotatable bonds is 8. The van der Waals surface area contributed by atoms with E-state index in [4.69, 9.17) is 22.4 Å². The lowest BCUT2D eigenvalue weighted by molar-refractivity contribution is -0.274. The van der Waals surface area contributed by atoms with Crippen molar-refractivity contribution in [3.8, 4) is 0 Å². The Morgan fingerprint density at radius 1 is 0.577 bits per heavy atom. The molecule has 1 fully saturated rings. The van der Waals surface area contributed by atoms with E-state index in [0.29, 0.717) is 6.42 Å². The molecule has 1 heterocycles. The Morgan fingerprint density at radius 3 is 1.38 bits per heavy atom. The van der Waals surface area contributed by atoms with Crippen molar-refractivity contribution in [3.05, 3.63) is 0 Å². The molecule has 1 saturated heterocycles. The summed E-state index contributed by atoms with van der Waals surface area (Å²) < 4.78 is 32.1. The first kappa shape index (κ1) is 24.7. The van der Waals surface area contributed by atoms with Crippen LogP contribution in [0, 0.1) is 0 Å². The maximum Gasteiger partial charge on any atom is 0.187 e. The highest BCUT2D eigenvalue weighted by Gasteiger charge is 2.46. The van der Waals surface area contributed by atoms with Gasteiger partial charge in [-0.1, -0.05) is 0 Å². The van der Waals surface area contributed by atoms with Crippen LogP contribution in [-0.2, 0) is 22.4 Å². The molecule has 0 N–H and O–H groups in total.